The zero-order valence-corrected chi connectivity index (χ0v) is 8.33. The molecule has 3 heteroatoms. The standard InChI is InChI=1S/C10H17N3/c1-10(2)5-8(6-10)7-13-4-3-12-9(13)11/h3-4,8H,5-7H2,1-2H3,(H2,11,12). The highest BCUT2D eigenvalue weighted by Gasteiger charge is 2.35. The minimum atomic E-state index is 0.556. The van der Waals surface area contributed by atoms with Crippen molar-refractivity contribution in [2.24, 2.45) is 11.3 Å². The third kappa shape index (κ3) is 1.69. The van der Waals surface area contributed by atoms with Crippen molar-refractivity contribution in [3.8, 4) is 0 Å². The number of rotatable bonds is 2. The van der Waals surface area contributed by atoms with E-state index in [-0.39, 0.29) is 0 Å². The first-order chi connectivity index (χ1) is 6.07. The number of imidazole rings is 1. The summed E-state index contributed by atoms with van der Waals surface area (Å²) in [7, 11) is 0. The number of aromatic nitrogens is 2. The summed E-state index contributed by atoms with van der Waals surface area (Å²) < 4.78 is 2.04. The molecule has 0 aliphatic heterocycles. The van der Waals surface area contributed by atoms with Crippen LogP contribution in [0.2, 0.25) is 0 Å². The van der Waals surface area contributed by atoms with E-state index >= 15 is 0 Å². The Morgan fingerprint density at radius 1 is 1.62 bits per heavy atom. The zero-order chi connectivity index (χ0) is 9.47. The van der Waals surface area contributed by atoms with Crippen LogP contribution in [0.25, 0.3) is 0 Å². The van der Waals surface area contributed by atoms with Gasteiger partial charge in [-0.2, -0.15) is 0 Å². The van der Waals surface area contributed by atoms with Gasteiger partial charge in [0.15, 0.2) is 5.95 Å². The lowest BCUT2D eigenvalue weighted by molar-refractivity contribution is 0.0834. The van der Waals surface area contributed by atoms with E-state index in [2.05, 4.69) is 18.8 Å². The Balaban J connectivity index is 1.91. The average Bonchev–Trinajstić information content (AvgIpc) is 2.33. The third-order valence-electron chi connectivity index (χ3n) is 2.89. The second-order valence-corrected chi connectivity index (χ2v) is 4.88. The van der Waals surface area contributed by atoms with Gasteiger partial charge in [-0.05, 0) is 24.2 Å². The van der Waals surface area contributed by atoms with Crippen molar-refractivity contribution in [2.45, 2.75) is 33.2 Å². The first-order valence-corrected chi connectivity index (χ1v) is 4.83. The highest BCUT2D eigenvalue weighted by molar-refractivity contribution is 5.16. The molecule has 0 unspecified atom stereocenters. The summed E-state index contributed by atoms with van der Waals surface area (Å²) in [4.78, 5) is 4.01. The Hall–Kier alpha value is -0.990. The van der Waals surface area contributed by atoms with Gasteiger partial charge in [0.05, 0.1) is 0 Å². The van der Waals surface area contributed by atoms with Gasteiger partial charge in [-0.15, -0.1) is 0 Å². The van der Waals surface area contributed by atoms with Crippen molar-refractivity contribution in [2.75, 3.05) is 5.73 Å². The smallest absolute Gasteiger partial charge is 0.200 e. The first-order valence-electron chi connectivity index (χ1n) is 4.83. The Morgan fingerprint density at radius 2 is 2.31 bits per heavy atom. The Bertz CT molecular complexity index is 293. The number of nitrogens with zero attached hydrogens (tertiary/aromatic N) is 2. The molecular weight excluding hydrogens is 162 g/mol. The Morgan fingerprint density at radius 3 is 2.77 bits per heavy atom. The highest BCUT2D eigenvalue weighted by Crippen LogP contribution is 2.45. The second-order valence-electron chi connectivity index (χ2n) is 4.88. The van der Waals surface area contributed by atoms with E-state index < -0.39 is 0 Å². The summed E-state index contributed by atoms with van der Waals surface area (Å²) in [5.41, 5.74) is 6.24. The third-order valence-corrected chi connectivity index (χ3v) is 2.89. The highest BCUT2D eigenvalue weighted by atomic mass is 15.1. The summed E-state index contributed by atoms with van der Waals surface area (Å²) in [5, 5.41) is 0. The topological polar surface area (TPSA) is 43.8 Å². The maximum Gasteiger partial charge on any atom is 0.200 e. The van der Waals surface area contributed by atoms with Crippen LogP contribution in [0.15, 0.2) is 12.4 Å². The summed E-state index contributed by atoms with van der Waals surface area (Å²) in [6, 6.07) is 0. The Labute approximate surface area is 79.0 Å². The molecule has 0 radical (unpaired) electrons. The van der Waals surface area contributed by atoms with Gasteiger partial charge >= 0.3 is 0 Å². The van der Waals surface area contributed by atoms with Gasteiger partial charge in [0, 0.05) is 18.9 Å². The van der Waals surface area contributed by atoms with Crippen LogP contribution < -0.4 is 5.73 Å². The lowest BCUT2D eigenvalue weighted by Gasteiger charge is -2.42. The van der Waals surface area contributed by atoms with E-state index in [0.717, 1.165) is 12.5 Å². The molecule has 1 saturated carbocycles. The lowest BCUT2D eigenvalue weighted by atomic mass is 9.64. The van der Waals surface area contributed by atoms with Gasteiger partial charge in [-0.1, -0.05) is 13.8 Å². The maximum atomic E-state index is 5.69. The van der Waals surface area contributed by atoms with Gasteiger partial charge in [0.2, 0.25) is 0 Å². The number of hydrogen-bond donors (Lipinski definition) is 1. The fourth-order valence-corrected chi connectivity index (χ4v) is 2.41. The molecule has 1 heterocycles. The molecular formula is C10H17N3. The maximum absolute atomic E-state index is 5.69. The van der Waals surface area contributed by atoms with Crippen LogP contribution in [0.3, 0.4) is 0 Å². The molecule has 0 aromatic carbocycles. The van der Waals surface area contributed by atoms with Crippen molar-refractivity contribution >= 4 is 5.95 Å². The van der Waals surface area contributed by atoms with Crippen LogP contribution in [0, 0.1) is 11.3 Å². The van der Waals surface area contributed by atoms with Crippen LogP contribution in [0.4, 0.5) is 5.95 Å². The molecule has 0 bridgehead atoms. The monoisotopic (exact) mass is 179 g/mol. The fourth-order valence-electron chi connectivity index (χ4n) is 2.41. The van der Waals surface area contributed by atoms with E-state index in [1.807, 2.05) is 10.8 Å². The van der Waals surface area contributed by atoms with Crippen LogP contribution in [-0.2, 0) is 6.54 Å². The van der Waals surface area contributed by atoms with Crippen LogP contribution in [-0.4, -0.2) is 9.55 Å². The first kappa shape index (κ1) is 8.60. The summed E-state index contributed by atoms with van der Waals surface area (Å²) in [6.45, 7) is 5.68. The molecule has 2 N–H and O–H groups in total. The molecule has 0 spiro atoms. The molecule has 1 aliphatic carbocycles. The number of nitrogen functional groups attached to an aromatic ring is 1. The summed E-state index contributed by atoms with van der Waals surface area (Å²) in [6.07, 6.45) is 6.34. The van der Waals surface area contributed by atoms with Crippen molar-refractivity contribution in [3.63, 3.8) is 0 Å². The predicted octanol–water partition coefficient (Wildman–Crippen LogP) is 1.90. The largest absolute Gasteiger partial charge is 0.369 e. The lowest BCUT2D eigenvalue weighted by Crippen LogP contribution is -2.34. The van der Waals surface area contributed by atoms with Crippen LogP contribution in [0.1, 0.15) is 26.7 Å². The van der Waals surface area contributed by atoms with E-state index in [0.29, 0.717) is 11.4 Å². The number of anilines is 1. The average molecular weight is 179 g/mol. The molecule has 72 valence electrons. The molecule has 1 aromatic rings. The zero-order valence-electron chi connectivity index (χ0n) is 8.33. The van der Waals surface area contributed by atoms with Crippen LogP contribution >= 0.6 is 0 Å². The SMILES string of the molecule is CC1(C)CC(Cn2ccnc2N)C1. The molecule has 0 saturated heterocycles. The fraction of sp³-hybridized carbons (Fsp3) is 0.700. The number of hydrogen-bond acceptors (Lipinski definition) is 2. The van der Waals surface area contributed by atoms with Crippen molar-refractivity contribution in [1.82, 2.24) is 9.55 Å². The van der Waals surface area contributed by atoms with E-state index in [1.54, 1.807) is 6.20 Å². The van der Waals surface area contributed by atoms with Gasteiger partial charge in [0.25, 0.3) is 0 Å². The minimum absolute atomic E-state index is 0.556. The molecule has 1 fully saturated rings. The molecule has 13 heavy (non-hydrogen) atoms. The van der Waals surface area contributed by atoms with Gasteiger partial charge in [0.1, 0.15) is 0 Å². The molecule has 3 nitrogen and oxygen atoms in total. The molecule has 0 amide bonds. The summed E-state index contributed by atoms with van der Waals surface area (Å²) >= 11 is 0. The van der Waals surface area contributed by atoms with Gasteiger partial charge in [-0.3, -0.25) is 0 Å². The van der Waals surface area contributed by atoms with Crippen molar-refractivity contribution in [1.29, 1.82) is 0 Å². The van der Waals surface area contributed by atoms with Crippen LogP contribution in [0.5, 0.6) is 0 Å². The second kappa shape index (κ2) is 2.76. The molecule has 1 aliphatic rings. The quantitative estimate of drug-likeness (QED) is 0.753. The summed E-state index contributed by atoms with van der Waals surface area (Å²) in [5.74, 6) is 1.44. The normalized spacial score (nSPS) is 21.4. The van der Waals surface area contributed by atoms with Gasteiger partial charge < -0.3 is 10.3 Å². The molecule has 1 aromatic heterocycles. The van der Waals surface area contributed by atoms with E-state index in [9.17, 15) is 0 Å². The Kier molecular flexibility index (Phi) is 1.82. The van der Waals surface area contributed by atoms with Gasteiger partial charge in [-0.25, -0.2) is 4.98 Å². The minimum Gasteiger partial charge on any atom is -0.369 e. The molecule has 2 rings (SSSR count). The van der Waals surface area contributed by atoms with Crippen molar-refractivity contribution < 1.29 is 0 Å². The molecule has 0 atom stereocenters. The van der Waals surface area contributed by atoms with Crippen molar-refractivity contribution in [3.05, 3.63) is 12.4 Å². The van der Waals surface area contributed by atoms with E-state index in [4.69, 9.17) is 5.73 Å². The number of nitrogens with two attached hydrogens (primary N) is 1. The predicted molar refractivity (Wildman–Crippen MR) is 53.1 cm³/mol. The van der Waals surface area contributed by atoms with E-state index in [1.165, 1.54) is 12.8 Å².